The zero-order valence-electron chi connectivity index (χ0n) is 11.4. The fraction of sp³-hybridized carbons (Fsp3) is 0.429. The molecule has 2 atom stereocenters. The normalized spacial score (nSPS) is 15.6. The summed E-state index contributed by atoms with van der Waals surface area (Å²) in [5.74, 6) is -1.65. The Morgan fingerprint density at radius 1 is 1.26 bits per heavy atom. The number of carbonyl (C=O) groups is 2. The van der Waals surface area contributed by atoms with E-state index in [1.54, 1.807) is 30.3 Å². The minimum Gasteiger partial charge on any atom is -0.479 e. The standard InChI is InChI=1S/C14H20N2O3/c1-9(2)11(15)12(17)16-14(3,13(18)19)10-7-5-4-6-8-10/h4-9,11H,15H2,1-3H3,(H,16,17)(H,18,19)/t11-,14?/m0/s1. The van der Waals surface area contributed by atoms with Crippen molar-refractivity contribution in [1.82, 2.24) is 5.32 Å². The van der Waals surface area contributed by atoms with Gasteiger partial charge in [-0.25, -0.2) is 4.79 Å². The SMILES string of the molecule is CC(C)[C@H](N)C(=O)NC(C)(C(=O)O)c1ccccc1. The lowest BCUT2D eigenvalue weighted by Crippen LogP contribution is -2.55. The topological polar surface area (TPSA) is 92.4 Å². The monoisotopic (exact) mass is 264 g/mol. The number of benzene rings is 1. The first-order valence-corrected chi connectivity index (χ1v) is 6.15. The predicted molar refractivity (Wildman–Crippen MR) is 72.4 cm³/mol. The maximum absolute atomic E-state index is 12.0. The molecule has 0 spiro atoms. The van der Waals surface area contributed by atoms with Crippen molar-refractivity contribution < 1.29 is 14.7 Å². The first-order chi connectivity index (χ1) is 8.79. The van der Waals surface area contributed by atoms with Gasteiger partial charge in [0.2, 0.25) is 5.91 Å². The summed E-state index contributed by atoms with van der Waals surface area (Å²) >= 11 is 0. The maximum atomic E-state index is 12.0. The van der Waals surface area contributed by atoms with Gasteiger partial charge in [0.25, 0.3) is 0 Å². The van der Waals surface area contributed by atoms with E-state index in [0.717, 1.165) is 0 Å². The third kappa shape index (κ3) is 3.32. The molecule has 1 unspecified atom stereocenters. The number of carboxylic acid groups (broad SMARTS) is 1. The van der Waals surface area contributed by atoms with Gasteiger partial charge in [0.15, 0.2) is 5.54 Å². The summed E-state index contributed by atoms with van der Waals surface area (Å²) in [6.07, 6.45) is 0. The number of rotatable bonds is 5. The summed E-state index contributed by atoms with van der Waals surface area (Å²) in [5, 5.41) is 11.9. The summed E-state index contributed by atoms with van der Waals surface area (Å²) < 4.78 is 0. The first kappa shape index (κ1) is 15.2. The Hall–Kier alpha value is -1.88. The van der Waals surface area contributed by atoms with Crippen LogP contribution >= 0.6 is 0 Å². The van der Waals surface area contributed by atoms with Crippen LogP contribution in [0.1, 0.15) is 26.3 Å². The minimum atomic E-state index is -1.48. The van der Waals surface area contributed by atoms with Crippen LogP contribution in [0.25, 0.3) is 0 Å². The van der Waals surface area contributed by atoms with Crippen molar-refractivity contribution in [2.75, 3.05) is 0 Å². The van der Waals surface area contributed by atoms with Crippen molar-refractivity contribution >= 4 is 11.9 Å². The van der Waals surface area contributed by atoms with Gasteiger partial charge in [-0.1, -0.05) is 44.2 Å². The van der Waals surface area contributed by atoms with Gasteiger partial charge in [0, 0.05) is 0 Å². The molecule has 5 nitrogen and oxygen atoms in total. The lowest BCUT2D eigenvalue weighted by Gasteiger charge is -2.29. The lowest BCUT2D eigenvalue weighted by molar-refractivity contribution is -0.147. The molecule has 1 aromatic carbocycles. The van der Waals surface area contributed by atoms with Crippen molar-refractivity contribution in [1.29, 1.82) is 0 Å². The fourth-order valence-electron chi connectivity index (χ4n) is 1.65. The van der Waals surface area contributed by atoms with Crippen LogP contribution in [0.4, 0.5) is 0 Å². The van der Waals surface area contributed by atoms with Crippen molar-refractivity contribution in [2.45, 2.75) is 32.4 Å². The molecular weight excluding hydrogens is 244 g/mol. The zero-order chi connectivity index (χ0) is 14.6. The Morgan fingerprint density at radius 3 is 2.21 bits per heavy atom. The Bertz CT molecular complexity index is 459. The maximum Gasteiger partial charge on any atom is 0.333 e. The first-order valence-electron chi connectivity index (χ1n) is 6.15. The predicted octanol–water partition coefficient (Wildman–Crippen LogP) is 1.09. The summed E-state index contributed by atoms with van der Waals surface area (Å²) in [5.41, 5.74) is 4.77. The van der Waals surface area contributed by atoms with E-state index in [-0.39, 0.29) is 5.92 Å². The van der Waals surface area contributed by atoms with E-state index >= 15 is 0 Å². The molecule has 0 saturated heterocycles. The number of hydrogen-bond acceptors (Lipinski definition) is 3. The molecule has 0 bridgehead atoms. The van der Waals surface area contributed by atoms with Crippen molar-refractivity contribution in [3.8, 4) is 0 Å². The second-order valence-corrected chi connectivity index (χ2v) is 5.06. The molecule has 0 aliphatic rings. The highest BCUT2D eigenvalue weighted by Crippen LogP contribution is 2.21. The molecule has 0 heterocycles. The van der Waals surface area contributed by atoms with E-state index < -0.39 is 23.5 Å². The average molecular weight is 264 g/mol. The summed E-state index contributed by atoms with van der Waals surface area (Å²) in [4.78, 5) is 23.5. The number of nitrogens with two attached hydrogens (primary N) is 1. The molecule has 0 radical (unpaired) electrons. The minimum absolute atomic E-state index is 0.0613. The van der Waals surface area contributed by atoms with E-state index in [4.69, 9.17) is 5.73 Å². The van der Waals surface area contributed by atoms with Crippen LogP contribution < -0.4 is 11.1 Å². The largest absolute Gasteiger partial charge is 0.479 e. The molecule has 0 aliphatic heterocycles. The molecule has 1 amide bonds. The van der Waals surface area contributed by atoms with Gasteiger partial charge in [0.05, 0.1) is 6.04 Å². The van der Waals surface area contributed by atoms with E-state index in [0.29, 0.717) is 5.56 Å². The van der Waals surface area contributed by atoms with Crippen LogP contribution in [0, 0.1) is 5.92 Å². The molecule has 5 heteroatoms. The number of amides is 1. The van der Waals surface area contributed by atoms with Gasteiger partial charge < -0.3 is 16.2 Å². The van der Waals surface area contributed by atoms with Gasteiger partial charge in [0.1, 0.15) is 0 Å². The van der Waals surface area contributed by atoms with Crippen LogP contribution in [-0.2, 0) is 15.1 Å². The molecule has 104 valence electrons. The third-order valence-corrected chi connectivity index (χ3v) is 3.17. The molecule has 4 N–H and O–H groups in total. The van der Waals surface area contributed by atoms with Crippen LogP contribution in [-0.4, -0.2) is 23.0 Å². The van der Waals surface area contributed by atoms with Gasteiger partial charge >= 0.3 is 5.97 Å². The second-order valence-electron chi connectivity index (χ2n) is 5.06. The van der Waals surface area contributed by atoms with E-state index in [2.05, 4.69) is 5.32 Å². The highest BCUT2D eigenvalue weighted by molar-refractivity contribution is 5.90. The molecule has 0 aromatic heterocycles. The number of hydrogen-bond donors (Lipinski definition) is 3. The molecule has 0 fully saturated rings. The lowest BCUT2D eigenvalue weighted by atomic mass is 9.91. The average Bonchev–Trinajstić information content (AvgIpc) is 2.38. The van der Waals surface area contributed by atoms with Crippen molar-refractivity contribution in [3.05, 3.63) is 35.9 Å². The van der Waals surface area contributed by atoms with Crippen LogP contribution in [0.5, 0.6) is 0 Å². The highest BCUT2D eigenvalue weighted by atomic mass is 16.4. The molecule has 0 aliphatic carbocycles. The van der Waals surface area contributed by atoms with Gasteiger partial charge in [-0.2, -0.15) is 0 Å². The molecule has 1 aromatic rings. The number of carbonyl (C=O) groups excluding carboxylic acids is 1. The Kier molecular flexibility index (Phi) is 4.67. The smallest absolute Gasteiger partial charge is 0.333 e. The highest BCUT2D eigenvalue weighted by Gasteiger charge is 2.38. The molecule has 19 heavy (non-hydrogen) atoms. The number of nitrogens with one attached hydrogen (secondary N) is 1. The van der Waals surface area contributed by atoms with Crippen LogP contribution in [0.2, 0.25) is 0 Å². The Morgan fingerprint density at radius 2 is 1.79 bits per heavy atom. The van der Waals surface area contributed by atoms with Crippen molar-refractivity contribution in [2.24, 2.45) is 11.7 Å². The van der Waals surface area contributed by atoms with E-state index in [9.17, 15) is 14.7 Å². The molecular formula is C14H20N2O3. The van der Waals surface area contributed by atoms with Crippen LogP contribution in [0.15, 0.2) is 30.3 Å². The van der Waals surface area contributed by atoms with E-state index in [1.165, 1.54) is 6.92 Å². The fourth-order valence-corrected chi connectivity index (χ4v) is 1.65. The van der Waals surface area contributed by atoms with E-state index in [1.807, 2.05) is 13.8 Å². The molecule has 0 saturated carbocycles. The Labute approximate surface area is 112 Å². The second kappa shape index (κ2) is 5.84. The number of carboxylic acids is 1. The summed E-state index contributed by atoms with van der Waals surface area (Å²) in [6.45, 7) is 5.07. The van der Waals surface area contributed by atoms with Gasteiger partial charge in [-0.15, -0.1) is 0 Å². The van der Waals surface area contributed by atoms with Gasteiger partial charge in [-0.05, 0) is 18.4 Å². The quantitative estimate of drug-likeness (QED) is 0.742. The Balaban J connectivity index is 3.03. The summed E-state index contributed by atoms with van der Waals surface area (Å²) in [7, 11) is 0. The summed E-state index contributed by atoms with van der Waals surface area (Å²) in [6, 6.07) is 7.83. The third-order valence-electron chi connectivity index (χ3n) is 3.17. The molecule has 1 rings (SSSR count). The number of aliphatic carboxylic acids is 1. The van der Waals surface area contributed by atoms with Crippen LogP contribution in [0.3, 0.4) is 0 Å². The van der Waals surface area contributed by atoms with Gasteiger partial charge in [-0.3, -0.25) is 4.79 Å². The zero-order valence-corrected chi connectivity index (χ0v) is 11.4. The van der Waals surface area contributed by atoms with Crippen molar-refractivity contribution in [3.63, 3.8) is 0 Å².